The van der Waals surface area contributed by atoms with E-state index in [0.717, 1.165) is 15.6 Å². The number of aliphatic hydroxyl groups excluding tert-OH is 1. The summed E-state index contributed by atoms with van der Waals surface area (Å²) >= 11 is 9.60. The van der Waals surface area contributed by atoms with Crippen molar-refractivity contribution in [2.75, 3.05) is 0 Å². The van der Waals surface area contributed by atoms with Gasteiger partial charge in [0.05, 0.1) is 11.1 Å². The van der Waals surface area contributed by atoms with Gasteiger partial charge in [0.2, 0.25) is 0 Å². The second-order valence-corrected chi connectivity index (χ2v) is 5.51. The first-order chi connectivity index (χ1) is 9.08. The maximum Gasteiger partial charge on any atom is 0.138 e. The van der Waals surface area contributed by atoms with Crippen molar-refractivity contribution in [1.82, 2.24) is 0 Å². The number of hydrogen-bond donors (Lipinski definition) is 1. The van der Waals surface area contributed by atoms with E-state index in [2.05, 4.69) is 15.9 Å². The molecule has 100 valence electrons. The van der Waals surface area contributed by atoms with Gasteiger partial charge < -0.3 is 9.84 Å². The minimum Gasteiger partial charge on any atom is -0.487 e. The summed E-state index contributed by atoms with van der Waals surface area (Å²) in [4.78, 5) is 0. The minimum atomic E-state index is -0.533. The Kier molecular flexibility index (Phi) is 4.86. The van der Waals surface area contributed by atoms with Gasteiger partial charge in [0, 0.05) is 10.0 Å². The van der Waals surface area contributed by atoms with Crippen LogP contribution in [0, 0.1) is 0 Å². The average molecular weight is 342 g/mol. The molecule has 0 saturated carbocycles. The van der Waals surface area contributed by atoms with Gasteiger partial charge >= 0.3 is 0 Å². The normalized spacial score (nSPS) is 12.2. The van der Waals surface area contributed by atoms with Crippen molar-refractivity contribution in [2.45, 2.75) is 19.6 Å². The molecule has 0 aliphatic carbocycles. The van der Waals surface area contributed by atoms with E-state index in [1.807, 2.05) is 30.3 Å². The summed E-state index contributed by atoms with van der Waals surface area (Å²) in [5, 5.41) is 9.98. The van der Waals surface area contributed by atoms with Crippen LogP contribution < -0.4 is 4.74 Å². The highest BCUT2D eigenvalue weighted by Crippen LogP contribution is 2.29. The van der Waals surface area contributed by atoms with Crippen LogP contribution in [0.15, 0.2) is 46.9 Å². The summed E-state index contributed by atoms with van der Waals surface area (Å²) in [6.45, 7) is 2.14. The monoisotopic (exact) mass is 340 g/mol. The van der Waals surface area contributed by atoms with E-state index >= 15 is 0 Å². The zero-order chi connectivity index (χ0) is 13.8. The Morgan fingerprint density at radius 2 is 2.00 bits per heavy atom. The second kappa shape index (κ2) is 6.42. The molecule has 0 heterocycles. The zero-order valence-corrected chi connectivity index (χ0v) is 12.8. The first-order valence-corrected chi connectivity index (χ1v) is 7.08. The molecule has 0 fully saturated rings. The highest BCUT2D eigenvalue weighted by atomic mass is 79.9. The summed E-state index contributed by atoms with van der Waals surface area (Å²) in [6, 6.07) is 13.2. The molecule has 1 unspecified atom stereocenters. The van der Waals surface area contributed by atoms with Crippen molar-refractivity contribution in [3.05, 3.63) is 63.1 Å². The third kappa shape index (κ3) is 3.72. The van der Waals surface area contributed by atoms with Crippen LogP contribution in [0.2, 0.25) is 5.02 Å². The second-order valence-electron chi connectivity index (χ2n) is 4.25. The van der Waals surface area contributed by atoms with Gasteiger partial charge in [-0.25, -0.2) is 0 Å². The lowest BCUT2D eigenvalue weighted by Gasteiger charge is -2.11. The Morgan fingerprint density at radius 3 is 2.63 bits per heavy atom. The smallest absolute Gasteiger partial charge is 0.138 e. The Bertz CT molecular complexity index is 570. The van der Waals surface area contributed by atoms with Crippen LogP contribution in [0.25, 0.3) is 0 Å². The largest absolute Gasteiger partial charge is 0.487 e. The lowest BCUT2D eigenvalue weighted by atomic mass is 10.1. The van der Waals surface area contributed by atoms with Crippen LogP contribution in [0.5, 0.6) is 5.75 Å². The third-order valence-electron chi connectivity index (χ3n) is 2.78. The van der Waals surface area contributed by atoms with E-state index in [1.54, 1.807) is 19.1 Å². The number of aliphatic hydroxyl groups is 1. The number of hydrogen-bond acceptors (Lipinski definition) is 2. The van der Waals surface area contributed by atoms with Crippen LogP contribution in [0.1, 0.15) is 24.2 Å². The third-order valence-corrected chi connectivity index (χ3v) is 3.85. The van der Waals surface area contributed by atoms with E-state index in [9.17, 15) is 5.11 Å². The van der Waals surface area contributed by atoms with Crippen molar-refractivity contribution in [3.8, 4) is 5.75 Å². The maximum absolute atomic E-state index is 9.48. The Hall–Kier alpha value is -1.03. The first kappa shape index (κ1) is 14.4. The summed E-state index contributed by atoms with van der Waals surface area (Å²) in [5.74, 6) is 0.613. The molecule has 0 aromatic heterocycles. The van der Waals surface area contributed by atoms with Gasteiger partial charge in [-0.15, -0.1) is 0 Å². The van der Waals surface area contributed by atoms with Gasteiger partial charge in [-0.05, 0) is 30.7 Å². The molecule has 2 rings (SSSR count). The molecule has 0 spiro atoms. The van der Waals surface area contributed by atoms with Crippen molar-refractivity contribution in [3.63, 3.8) is 0 Å². The Morgan fingerprint density at radius 1 is 1.26 bits per heavy atom. The minimum absolute atomic E-state index is 0.440. The van der Waals surface area contributed by atoms with Crippen LogP contribution in [-0.2, 0) is 6.61 Å². The van der Waals surface area contributed by atoms with E-state index in [-0.39, 0.29) is 0 Å². The fourth-order valence-corrected chi connectivity index (χ4v) is 2.31. The molecule has 2 aromatic carbocycles. The lowest BCUT2D eigenvalue weighted by molar-refractivity contribution is 0.199. The highest BCUT2D eigenvalue weighted by molar-refractivity contribution is 9.10. The quantitative estimate of drug-likeness (QED) is 0.870. The standard InChI is InChI=1S/C15H14BrClO2/c1-10(18)11-6-7-15(14(17)8-11)19-9-12-4-2-3-5-13(12)16/h2-8,10,18H,9H2,1H3. The van der Waals surface area contributed by atoms with Gasteiger partial charge in [-0.2, -0.15) is 0 Å². The fourth-order valence-electron chi connectivity index (χ4n) is 1.66. The molecule has 0 aliphatic heterocycles. The van der Waals surface area contributed by atoms with Gasteiger partial charge in [-0.3, -0.25) is 0 Å². The Balaban J connectivity index is 2.10. The predicted molar refractivity (Wildman–Crippen MR) is 80.6 cm³/mol. The van der Waals surface area contributed by atoms with E-state index in [1.165, 1.54) is 0 Å². The number of ether oxygens (including phenoxy) is 1. The molecule has 0 radical (unpaired) electrons. The fraction of sp³-hybridized carbons (Fsp3) is 0.200. The van der Waals surface area contributed by atoms with Crippen LogP contribution in [0.4, 0.5) is 0 Å². The molecular formula is C15H14BrClO2. The summed E-state index contributed by atoms with van der Waals surface area (Å²) in [6.07, 6.45) is -0.533. The molecule has 1 N–H and O–H groups in total. The molecule has 2 nitrogen and oxygen atoms in total. The van der Waals surface area contributed by atoms with Gasteiger partial charge in [-0.1, -0.05) is 51.8 Å². The van der Waals surface area contributed by atoms with Crippen molar-refractivity contribution in [1.29, 1.82) is 0 Å². The van der Waals surface area contributed by atoms with E-state index in [0.29, 0.717) is 17.4 Å². The van der Waals surface area contributed by atoms with Crippen molar-refractivity contribution in [2.24, 2.45) is 0 Å². The molecule has 4 heteroatoms. The molecule has 2 aromatic rings. The van der Waals surface area contributed by atoms with E-state index in [4.69, 9.17) is 16.3 Å². The Labute approximate surface area is 126 Å². The summed E-state index contributed by atoms with van der Waals surface area (Å²) in [7, 11) is 0. The zero-order valence-electron chi connectivity index (χ0n) is 10.4. The predicted octanol–water partition coefficient (Wildman–Crippen LogP) is 4.73. The molecule has 0 aliphatic rings. The number of benzene rings is 2. The van der Waals surface area contributed by atoms with Crippen LogP contribution >= 0.6 is 27.5 Å². The van der Waals surface area contributed by atoms with Gasteiger partial charge in [0.1, 0.15) is 12.4 Å². The first-order valence-electron chi connectivity index (χ1n) is 5.91. The molecule has 1 atom stereocenters. The molecular weight excluding hydrogens is 328 g/mol. The lowest BCUT2D eigenvalue weighted by Crippen LogP contribution is -1.98. The summed E-state index contributed by atoms with van der Waals surface area (Å²) < 4.78 is 6.70. The number of halogens is 2. The molecule has 0 bridgehead atoms. The highest BCUT2D eigenvalue weighted by Gasteiger charge is 2.07. The molecule has 19 heavy (non-hydrogen) atoms. The topological polar surface area (TPSA) is 29.5 Å². The molecule has 0 saturated heterocycles. The molecule has 0 amide bonds. The maximum atomic E-state index is 9.48. The van der Waals surface area contributed by atoms with Gasteiger partial charge in [0.25, 0.3) is 0 Å². The van der Waals surface area contributed by atoms with Crippen molar-refractivity contribution >= 4 is 27.5 Å². The number of rotatable bonds is 4. The van der Waals surface area contributed by atoms with Crippen molar-refractivity contribution < 1.29 is 9.84 Å². The summed E-state index contributed by atoms with van der Waals surface area (Å²) in [5.41, 5.74) is 1.83. The van der Waals surface area contributed by atoms with Crippen LogP contribution in [0.3, 0.4) is 0 Å². The average Bonchev–Trinajstić information content (AvgIpc) is 2.39. The van der Waals surface area contributed by atoms with Crippen LogP contribution in [-0.4, -0.2) is 5.11 Å². The van der Waals surface area contributed by atoms with E-state index < -0.39 is 6.10 Å². The SMILES string of the molecule is CC(O)c1ccc(OCc2ccccc2Br)c(Cl)c1. The van der Waals surface area contributed by atoms with Gasteiger partial charge in [0.15, 0.2) is 0 Å².